The van der Waals surface area contributed by atoms with Crippen molar-refractivity contribution in [2.24, 2.45) is 0 Å². The molecule has 0 amide bonds. The summed E-state index contributed by atoms with van der Waals surface area (Å²) < 4.78 is 2.66. The molecule has 1 atom stereocenters. The van der Waals surface area contributed by atoms with Gasteiger partial charge in [-0.2, -0.15) is 0 Å². The van der Waals surface area contributed by atoms with Gasteiger partial charge in [0.1, 0.15) is 6.04 Å². The summed E-state index contributed by atoms with van der Waals surface area (Å²) in [6.07, 6.45) is 3.56. The third-order valence-electron chi connectivity index (χ3n) is 1.41. The van der Waals surface area contributed by atoms with Crippen LogP contribution in [0, 0.1) is 0 Å². The van der Waals surface area contributed by atoms with E-state index in [1.807, 2.05) is 22.9 Å². The summed E-state index contributed by atoms with van der Waals surface area (Å²) in [6, 6.07) is -0.564. The van der Waals surface area contributed by atoms with Crippen molar-refractivity contribution in [3.05, 3.63) is 18.2 Å². The average Bonchev–Trinajstić information content (AvgIpc) is 2.51. The van der Waals surface area contributed by atoms with Gasteiger partial charge in [0.2, 0.25) is 0 Å². The third kappa shape index (κ3) is 2.45. The maximum atomic E-state index is 10.6. The van der Waals surface area contributed by atoms with Crippen molar-refractivity contribution < 1.29 is 9.90 Å². The maximum Gasteiger partial charge on any atom is 0.321 e. The summed E-state index contributed by atoms with van der Waals surface area (Å²) in [5.74, 6) is -0.862. The maximum absolute atomic E-state index is 10.6. The summed E-state index contributed by atoms with van der Waals surface area (Å²) in [4.78, 5) is 17.2. The fraction of sp³-hybridized carbons (Fsp3) is 0.333. The molecule has 0 spiro atoms. The molecule has 12 heavy (non-hydrogen) atoms. The molecule has 3 N–H and O–H groups in total. The molecule has 0 saturated heterocycles. The van der Waals surface area contributed by atoms with Crippen LogP contribution in [0.5, 0.6) is 0 Å². The predicted octanol–water partition coefficient (Wildman–Crippen LogP) is 0.345. The van der Waals surface area contributed by atoms with Gasteiger partial charge in [0.15, 0.2) is 0 Å². The number of aromatic amines is 1. The second kappa shape index (κ2) is 4.41. The summed E-state index contributed by atoms with van der Waals surface area (Å²) >= 11 is 1.82. The van der Waals surface area contributed by atoms with Crippen LogP contribution in [-0.2, 0) is 11.2 Å². The highest BCUT2D eigenvalue weighted by Crippen LogP contribution is 1.99. The molecule has 0 aromatic carbocycles. The molecular weight excluding hydrogens is 273 g/mol. The van der Waals surface area contributed by atoms with Gasteiger partial charge < -0.3 is 10.1 Å². The van der Waals surface area contributed by atoms with E-state index in [4.69, 9.17) is 5.11 Å². The minimum atomic E-state index is -0.862. The zero-order chi connectivity index (χ0) is 8.97. The number of aliphatic carboxylic acids is 1. The number of aromatic nitrogens is 2. The number of hydrogen-bond acceptors (Lipinski definition) is 3. The molecule has 0 aliphatic rings. The lowest BCUT2D eigenvalue weighted by atomic mass is 10.2. The van der Waals surface area contributed by atoms with E-state index in [1.165, 1.54) is 6.33 Å². The minimum absolute atomic E-state index is 0.415. The molecule has 0 unspecified atom stereocenters. The van der Waals surface area contributed by atoms with Gasteiger partial charge >= 0.3 is 5.97 Å². The SMILES string of the molecule is O=C(O)[C@H](Cc1cnc[nH]1)NI. The lowest BCUT2D eigenvalue weighted by Gasteiger charge is -2.06. The Morgan fingerprint density at radius 1 is 1.92 bits per heavy atom. The van der Waals surface area contributed by atoms with Crippen LogP contribution in [0.25, 0.3) is 0 Å². The Morgan fingerprint density at radius 2 is 2.67 bits per heavy atom. The molecule has 0 radical (unpaired) electrons. The second-order valence-corrected chi connectivity index (χ2v) is 2.90. The van der Waals surface area contributed by atoms with Crippen LogP contribution in [-0.4, -0.2) is 27.1 Å². The Balaban J connectivity index is 2.54. The van der Waals surface area contributed by atoms with E-state index in [9.17, 15) is 4.79 Å². The van der Waals surface area contributed by atoms with Gasteiger partial charge in [0.25, 0.3) is 0 Å². The fourth-order valence-electron chi connectivity index (χ4n) is 0.789. The first-order valence-electron chi connectivity index (χ1n) is 3.30. The summed E-state index contributed by atoms with van der Waals surface area (Å²) in [5, 5.41) is 8.67. The van der Waals surface area contributed by atoms with Crippen molar-refractivity contribution in [1.29, 1.82) is 0 Å². The number of carboxylic acids is 1. The summed E-state index contributed by atoms with van der Waals surface area (Å²) in [5.41, 5.74) is 0.812. The first kappa shape index (κ1) is 9.46. The Kier molecular flexibility index (Phi) is 3.48. The van der Waals surface area contributed by atoms with Crippen molar-refractivity contribution in [2.45, 2.75) is 12.5 Å². The molecule has 1 heterocycles. The van der Waals surface area contributed by atoms with Gasteiger partial charge in [-0.1, -0.05) is 0 Å². The van der Waals surface area contributed by atoms with E-state index < -0.39 is 12.0 Å². The first-order chi connectivity index (χ1) is 5.74. The highest BCUT2D eigenvalue weighted by atomic mass is 127. The zero-order valence-electron chi connectivity index (χ0n) is 6.12. The number of nitrogens with one attached hydrogen (secondary N) is 2. The van der Waals surface area contributed by atoms with Crippen LogP contribution in [0.4, 0.5) is 0 Å². The van der Waals surface area contributed by atoms with E-state index in [0.717, 1.165) is 5.69 Å². The molecule has 66 valence electrons. The van der Waals surface area contributed by atoms with Gasteiger partial charge in [-0.05, 0) is 0 Å². The van der Waals surface area contributed by atoms with Crippen molar-refractivity contribution >= 4 is 28.8 Å². The van der Waals surface area contributed by atoms with Gasteiger partial charge in [0.05, 0.1) is 6.33 Å². The smallest absolute Gasteiger partial charge is 0.321 e. The highest BCUT2D eigenvalue weighted by molar-refractivity contribution is 14.1. The molecule has 0 fully saturated rings. The molecule has 5 nitrogen and oxygen atoms in total. The van der Waals surface area contributed by atoms with E-state index >= 15 is 0 Å². The molecule has 0 bridgehead atoms. The van der Waals surface area contributed by atoms with Gasteiger partial charge in [-0.15, -0.1) is 0 Å². The van der Waals surface area contributed by atoms with Crippen LogP contribution in [0.15, 0.2) is 12.5 Å². The third-order valence-corrected chi connectivity index (χ3v) is 2.16. The second-order valence-electron chi connectivity index (χ2n) is 2.28. The van der Waals surface area contributed by atoms with E-state index in [-0.39, 0.29) is 0 Å². The lowest BCUT2D eigenvalue weighted by molar-refractivity contribution is -0.138. The summed E-state index contributed by atoms with van der Waals surface area (Å²) in [6.45, 7) is 0. The zero-order valence-corrected chi connectivity index (χ0v) is 8.28. The fourth-order valence-corrected chi connectivity index (χ4v) is 1.28. The normalized spacial score (nSPS) is 12.8. The van der Waals surface area contributed by atoms with Crippen LogP contribution in [0.3, 0.4) is 0 Å². The van der Waals surface area contributed by atoms with Crippen molar-refractivity contribution in [2.75, 3.05) is 0 Å². The van der Waals surface area contributed by atoms with E-state index in [0.29, 0.717) is 6.42 Å². The van der Waals surface area contributed by atoms with Crippen molar-refractivity contribution in [1.82, 2.24) is 13.5 Å². The van der Waals surface area contributed by atoms with Gasteiger partial charge in [0, 0.05) is 41.2 Å². The molecule has 1 aromatic rings. The van der Waals surface area contributed by atoms with Crippen molar-refractivity contribution in [3.8, 4) is 0 Å². The van der Waals surface area contributed by atoms with E-state index in [2.05, 4.69) is 13.5 Å². The Bertz CT molecular complexity index is 249. The van der Waals surface area contributed by atoms with E-state index in [1.54, 1.807) is 6.20 Å². The molecular formula is C6H8IN3O2. The number of carboxylic acid groups (broad SMARTS) is 1. The number of H-pyrrole nitrogens is 1. The quantitative estimate of drug-likeness (QED) is 0.549. The number of nitrogens with zero attached hydrogens (tertiary/aromatic N) is 1. The monoisotopic (exact) mass is 281 g/mol. The predicted molar refractivity (Wildman–Crippen MR) is 50.9 cm³/mol. The van der Waals surface area contributed by atoms with Crippen LogP contribution in [0.2, 0.25) is 0 Å². The number of halogens is 1. The molecule has 0 saturated carbocycles. The number of hydrogen-bond donors (Lipinski definition) is 3. The standard InChI is InChI=1S/C6H8IN3O2/c7-10-5(6(11)12)1-4-2-8-3-9-4/h2-3,5,10H,1H2,(H,8,9)(H,11,12)/t5-/m0/s1. The molecule has 1 rings (SSSR count). The summed E-state index contributed by atoms with van der Waals surface area (Å²) in [7, 11) is 0. The molecule has 6 heteroatoms. The number of carbonyl (C=O) groups is 1. The molecule has 0 aliphatic carbocycles. The van der Waals surface area contributed by atoms with Gasteiger partial charge in [-0.25, -0.2) is 8.51 Å². The van der Waals surface area contributed by atoms with Crippen LogP contribution < -0.4 is 3.53 Å². The molecule has 0 aliphatic heterocycles. The lowest BCUT2D eigenvalue weighted by Crippen LogP contribution is -2.32. The van der Waals surface area contributed by atoms with Crippen LogP contribution in [0.1, 0.15) is 5.69 Å². The van der Waals surface area contributed by atoms with Gasteiger partial charge in [-0.3, -0.25) is 4.79 Å². The Morgan fingerprint density at radius 3 is 3.08 bits per heavy atom. The Hall–Kier alpha value is -0.630. The van der Waals surface area contributed by atoms with Crippen molar-refractivity contribution in [3.63, 3.8) is 0 Å². The average molecular weight is 281 g/mol. The Labute approximate surface area is 83.1 Å². The minimum Gasteiger partial charge on any atom is -0.480 e. The number of imidazole rings is 1. The largest absolute Gasteiger partial charge is 0.480 e. The highest BCUT2D eigenvalue weighted by Gasteiger charge is 2.16. The van der Waals surface area contributed by atoms with Crippen LogP contribution >= 0.6 is 22.9 Å². The topological polar surface area (TPSA) is 78.0 Å². The first-order valence-corrected chi connectivity index (χ1v) is 4.38. The molecule has 1 aromatic heterocycles. The number of rotatable bonds is 4.